The Balaban J connectivity index is 1.76. The Labute approximate surface area is 133 Å². The molecule has 0 fully saturated rings. The Morgan fingerprint density at radius 2 is 1.95 bits per heavy atom. The molecule has 2 N–H and O–H groups in total. The van der Waals surface area contributed by atoms with Gasteiger partial charge in [-0.3, -0.25) is 4.21 Å². The maximum absolute atomic E-state index is 12.4. The van der Waals surface area contributed by atoms with E-state index in [-0.39, 0.29) is 12.8 Å². The van der Waals surface area contributed by atoms with Gasteiger partial charge in [-0.25, -0.2) is 0 Å². The summed E-state index contributed by atoms with van der Waals surface area (Å²) in [6.07, 6.45) is 0. The molecule has 21 heavy (non-hydrogen) atoms. The molecular formula is C15H14BrNO3S. The van der Waals surface area contributed by atoms with Gasteiger partial charge in [0.1, 0.15) is 0 Å². The highest BCUT2D eigenvalue weighted by Gasteiger charge is 2.18. The molecule has 2 unspecified atom stereocenters. The van der Waals surface area contributed by atoms with E-state index >= 15 is 0 Å². The molecule has 0 amide bonds. The van der Waals surface area contributed by atoms with E-state index in [1.807, 2.05) is 42.5 Å². The van der Waals surface area contributed by atoms with E-state index in [4.69, 9.17) is 15.2 Å². The summed E-state index contributed by atoms with van der Waals surface area (Å²) in [5.41, 5.74) is 7.06. The van der Waals surface area contributed by atoms with Crippen molar-refractivity contribution in [2.24, 2.45) is 5.73 Å². The second kappa shape index (κ2) is 6.17. The highest BCUT2D eigenvalue weighted by Crippen LogP contribution is 2.34. The molecule has 0 aliphatic carbocycles. The van der Waals surface area contributed by atoms with Crippen LogP contribution in [0.3, 0.4) is 0 Å². The molecule has 0 saturated carbocycles. The largest absolute Gasteiger partial charge is 0.454 e. The van der Waals surface area contributed by atoms with Crippen LogP contribution in [0.4, 0.5) is 0 Å². The fourth-order valence-electron chi connectivity index (χ4n) is 2.12. The molecule has 1 aliphatic heterocycles. The van der Waals surface area contributed by atoms with E-state index in [1.165, 1.54) is 0 Å². The van der Waals surface area contributed by atoms with Crippen molar-refractivity contribution in [2.75, 3.05) is 12.5 Å². The van der Waals surface area contributed by atoms with Gasteiger partial charge in [0.15, 0.2) is 11.5 Å². The highest BCUT2D eigenvalue weighted by molar-refractivity contribution is 9.10. The second-order valence-corrected chi connectivity index (χ2v) is 6.98. The molecule has 0 radical (unpaired) electrons. The molecule has 4 nitrogen and oxygen atoms in total. The first-order valence-corrected chi connectivity index (χ1v) is 8.54. The zero-order valence-electron chi connectivity index (χ0n) is 11.1. The first-order valence-electron chi connectivity index (χ1n) is 6.43. The minimum Gasteiger partial charge on any atom is -0.454 e. The smallest absolute Gasteiger partial charge is 0.231 e. The quantitative estimate of drug-likeness (QED) is 0.902. The fraction of sp³-hybridized carbons (Fsp3) is 0.200. The molecular weight excluding hydrogens is 354 g/mol. The van der Waals surface area contributed by atoms with Gasteiger partial charge in [-0.05, 0) is 45.8 Å². The predicted octanol–water partition coefficient (Wildman–Crippen LogP) is 2.99. The third-order valence-corrected chi connectivity index (χ3v) is 5.70. The van der Waals surface area contributed by atoms with Gasteiger partial charge < -0.3 is 15.2 Å². The van der Waals surface area contributed by atoms with E-state index in [9.17, 15) is 4.21 Å². The van der Waals surface area contributed by atoms with Crippen molar-refractivity contribution in [1.82, 2.24) is 0 Å². The Hall–Kier alpha value is -1.37. The lowest BCUT2D eigenvalue weighted by atomic mass is 10.1. The van der Waals surface area contributed by atoms with Gasteiger partial charge in [-0.1, -0.05) is 18.2 Å². The zero-order valence-corrected chi connectivity index (χ0v) is 13.5. The third-order valence-electron chi connectivity index (χ3n) is 3.24. The first kappa shape index (κ1) is 14.6. The monoisotopic (exact) mass is 367 g/mol. The first-order chi connectivity index (χ1) is 10.1. The number of nitrogens with two attached hydrogens (primary N) is 1. The van der Waals surface area contributed by atoms with Crippen LogP contribution in [0, 0.1) is 0 Å². The second-order valence-electron chi connectivity index (χ2n) is 4.66. The van der Waals surface area contributed by atoms with Crippen LogP contribution >= 0.6 is 15.9 Å². The number of halogens is 1. The standard InChI is InChI=1S/C15H14BrNO3S/c16-11-3-1-2-4-15(11)21(18)8-12(17)10-5-6-13-14(7-10)20-9-19-13/h1-7,12H,8-9,17H2. The average Bonchev–Trinajstić information content (AvgIpc) is 2.94. The minimum absolute atomic E-state index is 0.233. The van der Waals surface area contributed by atoms with Crippen LogP contribution in [0.5, 0.6) is 11.5 Å². The molecule has 2 atom stereocenters. The van der Waals surface area contributed by atoms with Crippen LogP contribution in [0.1, 0.15) is 11.6 Å². The molecule has 2 aromatic rings. The molecule has 1 aliphatic rings. The molecule has 6 heteroatoms. The normalized spacial score (nSPS) is 15.7. The maximum atomic E-state index is 12.4. The Bertz CT molecular complexity index is 692. The lowest BCUT2D eigenvalue weighted by molar-refractivity contribution is 0.174. The van der Waals surface area contributed by atoms with Crippen molar-refractivity contribution in [2.45, 2.75) is 10.9 Å². The zero-order chi connectivity index (χ0) is 14.8. The van der Waals surface area contributed by atoms with Gasteiger partial charge in [-0.15, -0.1) is 0 Å². The molecule has 0 saturated heterocycles. The summed E-state index contributed by atoms with van der Waals surface area (Å²) in [5.74, 6) is 1.76. The average molecular weight is 368 g/mol. The summed E-state index contributed by atoms with van der Waals surface area (Å²) < 4.78 is 23.9. The van der Waals surface area contributed by atoms with E-state index in [2.05, 4.69) is 15.9 Å². The Kier molecular flexibility index (Phi) is 4.28. The highest BCUT2D eigenvalue weighted by atomic mass is 79.9. The van der Waals surface area contributed by atoms with Crippen molar-refractivity contribution >= 4 is 26.7 Å². The van der Waals surface area contributed by atoms with Gasteiger partial charge in [0.25, 0.3) is 0 Å². The van der Waals surface area contributed by atoms with Crippen molar-refractivity contribution < 1.29 is 13.7 Å². The van der Waals surface area contributed by atoms with Crippen molar-refractivity contribution in [3.63, 3.8) is 0 Å². The number of benzene rings is 2. The molecule has 1 heterocycles. The molecule has 0 spiro atoms. The van der Waals surface area contributed by atoms with Crippen LogP contribution in [0.2, 0.25) is 0 Å². The molecule has 0 bridgehead atoms. The lowest BCUT2D eigenvalue weighted by Crippen LogP contribution is -2.18. The van der Waals surface area contributed by atoms with Crippen LogP contribution in [-0.2, 0) is 10.8 Å². The van der Waals surface area contributed by atoms with Crippen molar-refractivity contribution in [3.05, 3.63) is 52.5 Å². The number of rotatable bonds is 4. The summed E-state index contributed by atoms with van der Waals surface area (Å²) in [4.78, 5) is 0.758. The minimum atomic E-state index is -1.17. The van der Waals surface area contributed by atoms with E-state index in [0.29, 0.717) is 11.5 Å². The summed E-state index contributed by atoms with van der Waals surface area (Å²) >= 11 is 3.41. The Morgan fingerprint density at radius 1 is 1.19 bits per heavy atom. The number of hydrogen-bond acceptors (Lipinski definition) is 4. The van der Waals surface area contributed by atoms with E-state index < -0.39 is 10.8 Å². The van der Waals surface area contributed by atoms with Gasteiger partial charge >= 0.3 is 0 Å². The number of fused-ring (bicyclic) bond motifs is 1. The molecule has 3 rings (SSSR count). The van der Waals surface area contributed by atoms with E-state index in [0.717, 1.165) is 20.7 Å². The van der Waals surface area contributed by atoms with Crippen molar-refractivity contribution in [3.8, 4) is 11.5 Å². The van der Waals surface area contributed by atoms with Crippen LogP contribution in [0.15, 0.2) is 51.8 Å². The van der Waals surface area contributed by atoms with Gasteiger partial charge in [0.05, 0.1) is 15.7 Å². The van der Waals surface area contributed by atoms with Gasteiger partial charge in [-0.2, -0.15) is 0 Å². The molecule has 2 aromatic carbocycles. The topological polar surface area (TPSA) is 61.6 Å². The van der Waals surface area contributed by atoms with Gasteiger partial charge in [0, 0.05) is 16.3 Å². The van der Waals surface area contributed by atoms with Crippen molar-refractivity contribution in [1.29, 1.82) is 0 Å². The van der Waals surface area contributed by atoms with Gasteiger partial charge in [0.2, 0.25) is 6.79 Å². The molecule has 0 aromatic heterocycles. The third kappa shape index (κ3) is 3.12. The maximum Gasteiger partial charge on any atom is 0.231 e. The summed E-state index contributed by atoms with van der Waals surface area (Å²) in [5, 5.41) is 0. The molecule has 110 valence electrons. The predicted molar refractivity (Wildman–Crippen MR) is 84.9 cm³/mol. The summed E-state index contributed by atoms with van der Waals surface area (Å²) in [6.45, 7) is 0.233. The Morgan fingerprint density at radius 3 is 2.76 bits per heavy atom. The summed E-state index contributed by atoms with van der Waals surface area (Å²) in [6, 6.07) is 12.7. The van der Waals surface area contributed by atoms with Crippen LogP contribution in [0.25, 0.3) is 0 Å². The SMILES string of the molecule is NC(CS(=O)c1ccccc1Br)c1ccc2c(c1)OCO2. The fourth-order valence-corrected chi connectivity index (χ4v) is 4.16. The summed E-state index contributed by atoms with van der Waals surface area (Å²) in [7, 11) is -1.17. The number of ether oxygens (including phenoxy) is 2. The van der Waals surface area contributed by atoms with E-state index in [1.54, 1.807) is 0 Å². The lowest BCUT2D eigenvalue weighted by Gasteiger charge is -2.13. The number of hydrogen-bond donors (Lipinski definition) is 1. The van der Waals surface area contributed by atoms with Crippen LogP contribution < -0.4 is 15.2 Å². The van der Waals surface area contributed by atoms with Crippen LogP contribution in [-0.4, -0.2) is 16.8 Å².